The summed E-state index contributed by atoms with van der Waals surface area (Å²) in [6, 6.07) is 12.7. The Bertz CT molecular complexity index is 714. The van der Waals surface area contributed by atoms with Gasteiger partial charge in [0.15, 0.2) is 0 Å². The van der Waals surface area contributed by atoms with Crippen molar-refractivity contribution in [1.82, 2.24) is 14.8 Å². The molecular weight excluding hydrogens is 274 g/mol. The van der Waals surface area contributed by atoms with Crippen LogP contribution in [0, 0.1) is 0 Å². The van der Waals surface area contributed by atoms with Gasteiger partial charge in [0.05, 0.1) is 17.3 Å². The Morgan fingerprint density at radius 2 is 2.09 bits per heavy atom. The maximum atomic E-state index is 12.5. The fraction of sp³-hybridized carbons (Fsp3) is 0.444. The number of nitrogens with zero attached hydrogens (tertiary/aromatic N) is 3. The number of aromatic nitrogens is 1. The van der Waals surface area contributed by atoms with E-state index in [-0.39, 0.29) is 11.9 Å². The third-order valence-corrected chi connectivity index (χ3v) is 5.03. The van der Waals surface area contributed by atoms with Gasteiger partial charge in [-0.05, 0) is 31.9 Å². The van der Waals surface area contributed by atoms with Gasteiger partial charge in [-0.25, -0.2) is 0 Å². The zero-order valence-electron chi connectivity index (χ0n) is 12.9. The molecule has 2 aromatic rings. The second kappa shape index (κ2) is 5.36. The molecule has 22 heavy (non-hydrogen) atoms. The van der Waals surface area contributed by atoms with E-state index in [1.54, 1.807) is 0 Å². The Morgan fingerprint density at radius 3 is 3.00 bits per heavy atom. The van der Waals surface area contributed by atoms with E-state index in [2.05, 4.69) is 28.0 Å². The van der Waals surface area contributed by atoms with Crippen LogP contribution in [0.3, 0.4) is 0 Å². The van der Waals surface area contributed by atoms with Crippen LogP contribution in [0.15, 0.2) is 36.4 Å². The highest BCUT2D eigenvalue weighted by atomic mass is 16.2. The van der Waals surface area contributed by atoms with E-state index in [0.717, 1.165) is 49.1 Å². The summed E-state index contributed by atoms with van der Waals surface area (Å²) in [4.78, 5) is 21.6. The number of benzene rings is 1. The van der Waals surface area contributed by atoms with Gasteiger partial charge in [-0.15, -0.1) is 0 Å². The fourth-order valence-corrected chi connectivity index (χ4v) is 3.75. The standard InChI is InChI=1S/C18H21N3O/c1-13-18(22)21-10-4-6-16(21)12-20(13)11-15-9-8-14-5-2-3-7-17(14)19-15/h2-3,5,7-9,13,16H,4,6,10-12H2,1H3/t13-,16+/m0/s1. The van der Waals surface area contributed by atoms with Crippen molar-refractivity contribution < 1.29 is 4.79 Å². The number of fused-ring (bicyclic) bond motifs is 2. The monoisotopic (exact) mass is 295 g/mol. The van der Waals surface area contributed by atoms with Crippen molar-refractivity contribution in [2.75, 3.05) is 13.1 Å². The Morgan fingerprint density at radius 1 is 1.23 bits per heavy atom. The van der Waals surface area contributed by atoms with E-state index in [9.17, 15) is 4.79 Å². The molecule has 2 fully saturated rings. The molecule has 1 aromatic heterocycles. The third-order valence-electron chi connectivity index (χ3n) is 5.03. The average molecular weight is 295 g/mol. The van der Waals surface area contributed by atoms with Crippen LogP contribution in [0.2, 0.25) is 0 Å². The molecule has 1 aromatic carbocycles. The number of amides is 1. The molecular formula is C18H21N3O. The summed E-state index contributed by atoms with van der Waals surface area (Å²) in [6.45, 7) is 4.69. The summed E-state index contributed by atoms with van der Waals surface area (Å²) < 4.78 is 0. The summed E-state index contributed by atoms with van der Waals surface area (Å²) in [6.07, 6.45) is 2.28. The lowest BCUT2D eigenvalue weighted by Crippen LogP contribution is -2.58. The largest absolute Gasteiger partial charge is 0.337 e. The minimum Gasteiger partial charge on any atom is -0.337 e. The van der Waals surface area contributed by atoms with Crippen LogP contribution >= 0.6 is 0 Å². The van der Waals surface area contributed by atoms with E-state index >= 15 is 0 Å². The van der Waals surface area contributed by atoms with Crippen molar-refractivity contribution in [3.8, 4) is 0 Å². The molecule has 2 saturated heterocycles. The van der Waals surface area contributed by atoms with Gasteiger partial charge < -0.3 is 4.90 Å². The highest BCUT2D eigenvalue weighted by Crippen LogP contribution is 2.26. The number of carbonyl (C=O) groups excluding carboxylic acids is 1. The Labute approximate surface area is 130 Å². The number of rotatable bonds is 2. The fourth-order valence-electron chi connectivity index (χ4n) is 3.75. The van der Waals surface area contributed by atoms with Gasteiger partial charge in [0.25, 0.3) is 0 Å². The van der Waals surface area contributed by atoms with Crippen molar-refractivity contribution in [1.29, 1.82) is 0 Å². The minimum atomic E-state index is -0.0392. The van der Waals surface area contributed by atoms with Crippen LogP contribution in [0.1, 0.15) is 25.5 Å². The van der Waals surface area contributed by atoms with Gasteiger partial charge in [0.2, 0.25) is 5.91 Å². The Balaban J connectivity index is 1.57. The molecule has 2 aliphatic rings. The zero-order valence-corrected chi connectivity index (χ0v) is 12.9. The molecule has 0 radical (unpaired) electrons. The molecule has 2 aliphatic heterocycles. The summed E-state index contributed by atoms with van der Waals surface area (Å²) >= 11 is 0. The first-order chi connectivity index (χ1) is 10.7. The number of pyridine rings is 1. The molecule has 3 heterocycles. The molecule has 4 heteroatoms. The lowest BCUT2D eigenvalue weighted by Gasteiger charge is -2.41. The van der Waals surface area contributed by atoms with Gasteiger partial charge >= 0.3 is 0 Å². The summed E-state index contributed by atoms with van der Waals surface area (Å²) in [5, 5.41) is 1.16. The lowest BCUT2D eigenvalue weighted by atomic mass is 10.1. The van der Waals surface area contributed by atoms with Crippen LogP contribution in [0.4, 0.5) is 0 Å². The molecule has 0 aliphatic carbocycles. The van der Waals surface area contributed by atoms with Gasteiger partial charge in [0, 0.05) is 31.1 Å². The van der Waals surface area contributed by atoms with Crippen LogP contribution in [0.25, 0.3) is 10.9 Å². The van der Waals surface area contributed by atoms with E-state index in [4.69, 9.17) is 4.98 Å². The van der Waals surface area contributed by atoms with E-state index < -0.39 is 0 Å². The molecule has 114 valence electrons. The quantitative estimate of drug-likeness (QED) is 0.854. The van der Waals surface area contributed by atoms with Crippen LogP contribution in [0.5, 0.6) is 0 Å². The number of carbonyl (C=O) groups is 1. The molecule has 2 atom stereocenters. The van der Waals surface area contributed by atoms with Crippen molar-refractivity contribution in [2.45, 2.75) is 38.4 Å². The van der Waals surface area contributed by atoms with Crippen molar-refractivity contribution in [3.63, 3.8) is 0 Å². The van der Waals surface area contributed by atoms with E-state index in [1.165, 1.54) is 0 Å². The van der Waals surface area contributed by atoms with Gasteiger partial charge in [-0.3, -0.25) is 14.7 Å². The van der Waals surface area contributed by atoms with Gasteiger partial charge in [0.1, 0.15) is 0 Å². The highest BCUT2D eigenvalue weighted by Gasteiger charge is 2.40. The molecule has 0 spiro atoms. The van der Waals surface area contributed by atoms with Crippen molar-refractivity contribution in [3.05, 3.63) is 42.1 Å². The predicted octanol–water partition coefficient (Wildman–Crippen LogP) is 2.43. The lowest BCUT2D eigenvalue weighted by molar-refractivity contribution is -0.143. The second-order valence-electron chi connectivity index (χ2n) is 6.43. The number of piperazine rings is 1. The molecule has 4 nitrogen and oxygen atoms in total. The minimum absolute atomic E-state index is 0.0392. The molecule has 4 rings (SSSR count). The highest BCUT2D eigenvalue weighted by molar-refractivity contribution is 5.83. The van der Waals surface area contributed by atoms with Crippen molar-refractivity contribution in [2.24, 2.45) is 0 Å². The van der Waals surface area contributed by atoms with Gasteiger partial charge in [-0.2, -0.15) is 0 Å². The average Bonchev–Trinajstić information content (AvgIpc) is 3.01. The third kappa shape index (κ3) is 2.28. The maximum absolute atomic E-state index is 12.5. The second-order valence-corrected chi connectivity index (χ2v) is 6.43. The molecule has 0 bridgehead atoms. The molecule has 1 amide bonds. The number of para-hydroxylation sites is 1. The zero-order chi connectivity index (χ0) is 15.1. The van der Waals surface area contributed by atoms with Crippen LogP contribution in [-0.2, 0) is 11.3 Å². The first-order valence-corrected chi connectivity index (χ1v) is 8.11. The topological polar surface area (TPSA) is 36.4 Å². The molecule has 0 saturated carbocycles. The van der Waals surface area contributed by atoms with E-state index in [1.807, 2.05) is 25.1 Å². The first kappa shape index (κ1) is 13.7. The van der Waals surface area contributed by atoms with Crippen LogP contribution in [-0.4, -0.2) is 45.9 Å². The summed E-state index contributed by atoms with van der Waals surface area (Å²) in [7, 11) is 0. The molecule has 0 unspecified atom stereocenters. The maximum Gasteiger partial charge on any atom is 0.239 e. The number of hydrogen-bond donors (Lipinski definition) is 0. The normalized spacial score (nSPS) is 25.7. The summed E-state index contributed by atoms with van der Waals surface area (Å²) in [5.41, 5.74) is 2.07. The van der Waals surface area contributed by atoms with Gasteiger partial charge in [-0.1, -0.05) is 24.3 Å². The van der Waals surface area contributed by atoms with Crippen LogP contribution < -0.4 is 0 Å². The molecule has 0 N–H and O–H groups in total. The summed E-state index contributed by atoms with van der Waals surface area (Å²) in [5.74, 6) is 0.287. The smallest absolute Gasteiger partial charge is 0.239 e. The van der Waals surface area contributed by atoms with E-state index in [0.29, 0.717) is 6.04 Å². The number of hydrogen-bond acceptors (Lipinski definition) is 3. The predicted molar refractivity (Wildman–Crippen MR) is 86.4 cm³/mol. The first-order valence-electron chi connectivity index (χ1n) is 8.11. The van der Waals surface area contributed by atoms with Crippen molar-refractivity contribution >= 4 is 16.8 Å². The Hall–Kier alpha value is -1.94. The Kier molecular flexibility index (Phi) is 3.34. The SMILES string of the molecule is C[C@H]1C(=O)N2CCC[C@@H]2CN1Cc1ccc2ccccc2n1.